The topological polar surface area (TPSA) is 21.1 Å². The van der Waals surface area contributed by atoms with E-state index in [4.69, 9.17) is 11.6 Å². The smallest absolute Gasteiger partial charge is 0.122 e. The van der Waals surface area contributed by atoms with E-state index in [0.717, 1.165) is 29.8 Å². The summed E-state index contributed by atoms with van der Waals surface area (Å²) in [5, 5.41) is 0. The molecule has 2 rings (SSSR count). The van der Waals surface area contributed by atoms with Crippen LogP contribution >= 0.6 is 22.9 Å². The number of aromatic nitrogens is 2. The van der Waals surface area contributed by atoms with Crippen molar-refractivity contribution in [1.82, 2.24) is 14.5 Å². The van der Waals surface area contributed by atoms with Crippen LogP contribution in [0.1, 0.15) is 17.6 Å². The van der Waals surface area contributed by atoms with Crippen LogP contribution in [0.5, 0.6) is 0 Å². The van der Waals surface area contributed by atoms with Gasteiger partial charge < -0.3 is 4.57 Å². The number of aryl methyl sites for hydroxylation is 1. The Labute approximate surface area is 111 Å². The number of hydrogen-bond donors (Lipinski definition) is 0. The Balaban J connectivity index is 2.00. The molecule has 0 aliphatic rings. The molecule has 2 heterocycles. The normalized spacial score (nSPS) is 11.3. The molecule has 5 heteroatoms. The molecule has 0 aliphatic heterocycles. The second-order valence-corrected chi connectivity index (χ2v) is 5.76. The molecule has 0 unspecified atom stereocenters. The van der Waals surface area contributed by atoms with Crippen molar-refractivity contribution in [3.8, 4) is 0 Å². The number of imidazole rings is 1. The lowest BCUT2D eigenvalue weighted by Crippen LogP contribution is -2.23. The van der Waals surface area contributed by atoms with Crippen LogP contribution in [-0.4, -0.2) is 21.0 Å². The third kappa shape index (κ3) is 3.31. The molecular formula is C12H16ClN3S. The number of halogens is 1. The van der Waals surface area contributed by atoms with E-state index in [1.54, 1.807) is 11.3 Å². The van der Waals surface area contributed by atoms with Crippen LogP contribution in [0.25, 0.3) is 0 Å². The van der Waals surface area contributed by atoms with Crippen molar-refractivity contribution >= 4 is 22.9 Å². The molecule has 0 radical (unpaired) electrons. The molecule has 17 heavy (non-hydrogen) atoms. The molecule has 2 aromatic rings. The fourth-order valence-corrected chi connectivity index (χ4v) is 2.82. The van der Waals surface area contributed by atoms with Crippen molar-refractivity contribution in [2.45, 2.75) is 20.0 Å². The van der Waals surface area contributed by atoms with Crippen LogP contribution < -0.4 is 0 Å². The quantitative estimate of drug-likeness (QED) is 0.831. The highest BCUT2D eigenvalue weighted by Gasteiger charge is 2.09. The van der Waals surface area contributed by atoms with Crippen molar-refractivity contribution in [2.24, 2.45) is 7.05 Å². The molecule has 92 valence electrons. The van der Waals surface area contributed by atoms with Gasteiger partial charge in [0.1, 0.15) is 5.82 Å². The predicted octanol–water partition coefficient (Wildman–Crippen LogP) is 3.16. The molecule has 0 amide bonds. The van der Waals surface area contributed by atoms with Crippen molar-refractivity contribution in [1.29, 1.82) is 0 Å². The summed E-state index contributed by atoms with van der Waals surface area (Å²) in [4.78, 5) is 8.00. The van der Waals surface area contributed by atoms with E-state index in [2.05, 4.69) is 27.4 Å². The molecule has 0 spiro atoms. The van der Waals surface area contributed by atoms with E-state index in [-0.39, 0.29) is 0 Å². The van der Waals surface area contributed by atoms with Crippen molar-refractivity contribution in [3.63, 3.8) is 0 Å². The Morgan fingerprint density at radius 1 is 1.41 bits per heavy atom. The minimum Gasteiger partial charge on any atom is -0.337 e. The van der Waals surface area contributed by atoms with Gasteiger partial charge in [0.25, 0.3) is 0 Å². The Kier molecular flexibility index (Phi) is 4.20. The molecule has 2 aromatic heterocycles. The second-order valence-electron chi connectivity index (χ2n) is 3.96. The first-order valence-electron chi connectivity index (χ1n) is 5.61. The van der Waals surface area contributed by atoms with E-state index >= 15 is 0 Å². The predicted molar refractivity (Wildman–Crippen MR) is 72.3 cm³/mol. The van der Waals surface area contributed by atoms with E-state index in [0.29, 0.717) is 0 Å². The first kappa shape index (κ1) is 12.6. The van der Waals surface area contributed by atoms with Gasteiger partial charge in [-0.1, -0.05) is 18.5 Å². The van der Waals surface area contributed by atoms with E-state index in [1.807, 2.05) is 25.5 Å². The largest absolute Gasteiger partial charge is 0.337 e. The fourth-order valence-electron chi connectivity index (χ4n) is 1.69. The van der Waals surface area contributed by atoms with E-state index < -0.39 is 0 Å². The number of hydrogen-bond acceptors (Lipinski definition) is 3. The van der Waals surface area contributed by atoms with Gasteiger partial charge in [-0.25, -0.2) is 4.98 Å². The summed E-state index contributed by atoms with van der Waals surface area (Å²) in [6.07, 6.45) is 3.82. The maximum absolute atomic E-state index is 5.94. The van der Waals surface area contributed by atoms with Crippen LogP contribution in [0, 0.1) is 0 Å². The third-order valence-electron chi connectivity index (χ3n) is 2.74. The molecule has 0 N–H and O–H groups in total. The van der Waals surface area contributed by atoms with Gasteiger partial charge in [-0.15, -0.1) is 11.3 Å². The van der Waals surface area contributed by atoms with Gasteiger partial charge >= 0.3 is 0 Å². The summed E-state index contributed by atoms with van der Waals surface area (Å²) >= 11 is 7.58. The van der Waals surface area contributed by atoms with Crippen LogP contribution in [0.2, 0.25) is 4.34 Å². The third-order valence-corrected chi connectivity index (χ3v) is 3.96. The van der Waals surface area contributed by atoms with Gasteiger partial charge in [0.05, 0.1) is 10.9 Å². The summed E-state index contributed by atoms with van der Waals surface area (Å²) in [6, 6.07) is 4.05. The van der Waals surface area contributed by atoms with E-state index in [9.17, 15) is 0 Å². The highest BCUT2D eigenvalue weighted by atomic mass is 35.5. The lowest BCUT2D eigenvalue weighted by atomic mass is 10.4. The Hall–Kier alpha value is -0.840. The molecule has 0 aliphatic carbocycles. The maximum Gasteiger partial charge on any atom is 0.122 e. The summed E-state index contributed by atoms with van der Waals surface area (Å²) < 4.78 is 2.91. The molecule has 0 saturated heterocycles. The van der Waals surface area contributed by atoms with E-state index in [1.165, 1.54) is 4.88 Å². The lowest BCUT2D eigenvalue weighted by molar-refractivity contribution is 0.264. The highest BCUT2D eigenvalue weighted by molar-refractivity contribution is 7.16. The summed E-state index contributed by atoms with van der Waals surface area (Å²) in [5.74, 6) is 1.09. The lowest BCUT2D eigenvalue weighted by Gasteiger charge is -2.19. The van der Waals surface area contributed by atoms with Crippen LogP contribution in [0.15, 0.2) is 24.5 Å². The van der Waals surface area contributed by atoms with Gasteiger partial charge in [0.15, 0.2) is 0 Å². The Morgan fingerprint density at radius 2 is 2.24 bits per heavy atom. The zero-order valence-electron chi connectivity index (χ0n) is 10.1. The minimum atomic E-state index is 0.855. The molecule has 0 fully saturated rings. The van der Waals surface area contributed by atoms with Crippen molar-refractivity contribution in [2.75, 3.05) is 6.54 Å². The number of thiophene rings is 1. The summed E-state index contributed by atoms with van der Waals surface area (Å²) in [6.45, 7) is 4.97. The Morgan fingerprint density at radius 3 is 2.76 bits per heavy atom. The van der Waals surface area contributed by atoms with Gasteiger partial charge in [-0.3, -0.25) is 4.90 Å². The SMILES string of the molecule is CCN(Cc1ccc(Cl)s1)Cc1nccn1C. The van der Waals surface area contributed by atoms with Gasteiger partial charge in [-0.05, 0) is 18.7 Å². The molecule has 0 bridgehead atoms. The number of rotatable bonds is 5. The average molecular weight is 270 g/mol. The van der Waals surface area contributed by atoms with Gasteiger partial charge in [-0.2, -0.15) is 0 Å². The van der Waals surface area contributed by atoms with Crippen LogP contribution in [-0.2, 0) is 20.1 Å². The molecule has 0 aromatic carbocycles. The minimum absolute atomic E-state index is 0.855. The maximum atomic E-state index is 5.94. The van der Waals surface area contributed by atoms with Gasteiger partial charge in [0.2, 0.25) is 0 Å². The average Bonchev–Trinajstić information content (AvgIpc) is 2.88. The first-order valence-corrected chi connectivity index (χ1v) is 6.81. The zero-order valence-corrected chi connectivity index (χ0v) is 11.6. The fraction of sp³-hybridized carbons (Fsp3) is 0.417. The summed E-state index contributed by atoms with van der Waals surface area (Å²) in [7, 11) is 2.03. The first-order chi connectivity index (χ1) is 8.19. The second kappa shape index (κ2) is 5.67. The zero-order chi connectivity index (χ0) is 12.3. The monoisotopic (exact) mass is 269 g/mol. The van der Waals surface area contributed by atoms with Gasteiger partial charge in [0, 0.05) is 30.9 Å². The molecular weight excluding hydrogens is 254 g/mol. The standard InChI is InChI=1S/C12H16ClN3S/c1-3-16(8-10-4-5-11(13)17-10)9-12-14-6-7-15(12)2/h4-7H,3,8-9H2,1-2H3. The van der Waals surface area contributed by atoms with Crippen molar-refractivity contribution in [3.05, 3.63) is 39.6 Å². The summed E-state index contributed by atoms with van der Waals surface area (Å²) in [5.41, 5.74) is 0. The molecule has 0 atom stereocenters. The van der Waals surface area contributed by atoms with Crippen molar-refractivity contribution < 1.29 is 0 Å². The molecule has 3 nitrogen and oxygen atoms in total. The number of nitrogens with zero attached hydrogens (tertiary/aromatic N) is 3. The van der Waals surface area contributed by atoms with Crippen LogP contribution in [0.4, 0.5) is 0 Å². The highest BCUT2D eigenvalue weighted by Crippen LogP contribution is 2.23. The molecule has 0 saturated carbocycles. The Bertz CT molecular complexity index is 478. The van der Waals surface area contributed by atoms with Crippen LogP contribution in [0.3, 0.4) is 0 Å².